The zero-order valence-electron chi connectivity index (χ0n) is 6.93. The maximum absolute atomic E-state index is 11.2. The largest absolute Gasteiger partial charge is 0.261 e. The summed E-state index contributed by atoms with van der Waals surface area (Å²) in [7, 11) is 1.26. The fourth-order valence-electron chi connectivity index (χ4n) is 1.36. The lowest BCUT2D eigenvalue weighted by Crippen LogP contribution is -2.41. The summed E-state index contributed by atoms with van der Waals surface area (Å²) in [5, 5.41) is 0. The minimum Gasteiger partial charge on any atom is -0.261 e. The second-order valence-electron chi connectivity index (χ2n) is 2.90. The van der Waals surface area contributed by atoms with Gasteiger partial charge in [-0.25, -0.2) is 0 Å². The first-order valence-corrected chi connectivity index (χ1v) is 5.59. The third-order valence-electron chi connectivity index (χ3n) is 1.91. The van der Waals surface area contributed by atoms with Crippen molar-refractivity contribution in [3.8, 4) is 0 Å². The van der Waals surface area contributed by atoms with Gasteiger partial charge in [-0.05, 0) is 19.9 Å². The van der Waals surface area contributed by atoms with E-state index in [0.29, 0.717) is 6.04 Å². The smallest absolute Gasteiger partial charge is 0.0402 e. The highest BCUT2D eigenvalue weighted by Gasteiger charge is 2.15. The van der Waals surface area contributed by atoms with Crippen molar-refractivity contribution in [3.05, 3.63) is 0 Å². The molecule has 0 aliphatic carbocycles. The van der Waals surface area contributed by atoms with Crippen molar-refractivity contribution in [1.82, 2.24) is 10.9 Å². The summed E-state index contributed by atoms with van der Waals surface area (Å²) in [4.78, 5) is 0. The van der Waals surface area contributed by atoms with Gasteiger partial charge in [0.05, 0.1) is 0 Å². The first-order chi connectivity index (χ1) is 5.33. The minimum absolute atomic E-state index is 0.406. The lowest BCUT2D eigenvalue weighted by Gasteiger charge is -2.13. The van der Waals surface area contributed by atoms with E-state index in [4.69, 9.17) is 0 Å². The molecular weight excluding hydrogens is 160 g/mol. The van der Waals surface area contributed by atoms with Gasteiger partial charge in [0, 0.05) is 28.3 Å². The van der Waals surface area contributed by atoms with Crippen LogP contribution in [0.3, 0.4) is 0 Å². The lowest BCUT2D eigenvalue weighted by atomic mass is 10.1. The van der Waals surface area contributed by atoms with Gasteiger partial charge in [0.15, 0.2) is 0 Å². The Kier molecular flexibility index (Phi) is 4.04. The van der Waals surface area contributed by atoms with E-state index in [1.807, 2.05) is 7.05 Å². The fraction of sp³-hybridized carbons (Fsp3) is 1.00. The minimum atomic E-state index is -0.592. The fourth-order valence-corrected chi connectivity index (χ4v) is 2.75. The Morgan fingerprint density at radius 2 is 2.27 bits per heavy atom. The van der Waals surface area contributed by atoms with E-state index in [1.165, 1.54) is 6.42 Å². The van der Waals surface area contributed by atoms with Crippen LogP contribution in [0.4, 0.5) is 0 Å². The zero-order valence-corrected chi connectivity index (χ0v) is 7.75. The van der Waals surface area contributed by atoms with Crippen molar-refractivity contribution >= 4 is 10.8 Å². The van der Waals surface area contributed by atoms with Gasteiger partial charge in [-0.2, -0.15) is 0 Å². The molecule has 2 N–H and O–H groups in total. The molecule has 1 rings (SSSR count). The molecule has 2 atom stereocenters. The lowest BCUT2D eigenvalue weighted by molar-refractivity contribution is 0.459. The maximum Gasteiger partial charge on any atom is 0.0402 e. The van der Waals surface area contributed by atoms with Crippen LogP contribution < -0.4 is 10.9 Å². The molecule has 2 unspecified atom stereocenters. The van der Waals surface area contributed by atoms with Crippen molar-refractivity contribution in [2.45, 2.75) is 25.3 Å². The molecule has 0 aromatic rings. The van der Waals surface area contributed by atoms with E-state index in [9.17, 15) is 4.21 Å². The summed E-state index contributed by atoms with van der Waals surface area (Å²) >= 11 is 0. The van der Waals surface area contributed by atoms with Crippen molar-refractivity contribution in [2.75, 3.05) is 18.6 Å². The molecular formula is C7H16N2OS. The highest BCUT2D eigenvalue weighted by Crippen LogP contribution is 2.08. The number of hydrazine groups is 1. The molecule has 0 spiro atoms. The van der Waals surface area contributed by atoms with Crippen molar-refractivity contribution < 1.29 is 4.21 Å². The molecule has 0 radical (unpaired) electrons. The van der Waals surface area contributed by atoms with Crippen LogP contribution in [-0.2, 0) is 10.8 Å². The van der Waals surface area contributed by atoms with E-state index < -0.39 is 10.8 Å². The Bertz CT molecular complexity index is 140. The summed E-state index contributed by atoms with van der Waals surface area (Å²) in [6, 6.07) is 0.406. The molecule has 0 bridgehead atoms. The second kappa shape index (κ2) is 4.85. The summed E-state index contributed by atoms with van der Waals surface area (Å²) in [6.07, 6.45) is 3.46. The second-order valence-corrected chi connectivity index (χ2v) is 4.52. The number of nitrogens with one attached hydrogen (secondary N) is 2. The Morgan fingerprint density at radius 3 is 3.00 bits per heavy atom. The molecule has 1 fully saturated rings. The average molecular weight is 176 g/mol. The molecule has 4 heteroatoms. The third kappa shape index (κ3) is 3.31. The van der Waals surface area contributed by atoms with Crippen LogP contribution in [0.1, 0.15) is 19.3 Å². The van der Waals surface area contributed by atoms with E-state index in [-0.39, 0.29) is 0 Å². The van der Waals surface area contributed by atoms with Gasteiger partial charge in [-0.1, -0.05) is 6.42 Å². The molecule has 0 aromatic carbocycles. The van der Waals surface area contributed by atoms with Crippen molar-refractivity contribution in [2.24, 2.45) is 0 Å². The highest BCUT2D eigenvalue weighted by atomic mass is 32.2. The molecule has 0 aromatic heterocycles. The van der Waals surface area contributed by atoms with E-state index in [2.05, 4.69) is 10.9 Å². The van der Waals surface area contributed by atoms with E-state index in [0.717, 1.165) is 24.3 Å². The van der Waals surface area contributed by atoms with Gasteiger partial charge >= 0.3 is 0 Å². The summed E-state index contributed by atoms with van der Waals surface area (Å²) in [6.45, 7) is 0. The van der Waals surface area contributed by atoms with Gasteiger partial charge in [0.1, 0.15) is 0 Å². The third-order valence-corrected chi connectivity index (χ3v) is 3.43. The van der Waals surface area contributed by atoms with Crippen LogP contribution in [0.2, 0.25) is 0 Å². The molecule has 11 heavy (non-hydrogen) atoms. The van der Waals surface area contributed by atoms with Crippen LogP contribution in [0.25, 0.3) is 0 Å². The van der Waals surface area contributed by atoms with Crippen LogP contribution >= 0.6 is 0 Å². The van der Waals surface area contributed by atoms with Crippen LogP contribution in [0.5, 0.6) is 0 Å². The van der Waals surface area contributed by atoms with Crippen LogP contribution in [0, 0.1) is 0 Å². The Morgan fingerprint density at radius 1 is 1.45 bits per heavy atom. The molecule has 1 aliphatic rings. The topological polar surface area (TPSA) is 41.1 Å². The molecule has 0 amide bonds. The standard InChI is InChI=1S/C7H16N2OS/c1-8-9-7-4-2-3-5-11(10)6-7/h7-9H,2-6H2,1H3. The number of rotatable bonds is 2. The molecule has 66 valence electrons. The zero-order chi connectivity index (χ0) is 8.10. The van der Waals surface area contributed by atoms with Gasteiger partial charge in [0.25, 0.3) is 0 Å². The summed E-state index contributed by atoms with van der Waals surface area (Å²) < 4.78 is 11.2. The van der Waals surface area contributed by atoms with Gasteiger partial charge in [0.2, 0.25) is 0 Å². The van der Waals surface area contributed by atoms with Gasteiger partial charge in [-0.3, -0.25) is 15.1 Å². The van der Waals surface area contributed by atoms with Crippen LogP contribution in [0.15, 0.2) is 0 Å². The monoisotopic (exact) mass is 176 g/mol. The number of hydrogen-bond acceptors (Lipinski definition) is 3. The Balaban J connectivity index is 2.33. The molecule has 1 aliphatic heterocycles. The first-order valence-electron chi connectivity index (χ1n) is 4.10. The molecule has 0 saturated carbocycles. The van der Waals surface area contributed by atoms with Crippen molar-refractivity contribution in [3.63, 3.8) is 0 Å². The maximum atomic E-state index is 11.2. The normalized spacial score (nSPS) is 33.2. The Labute approximate surface area is 70.4 Å². The highest BCUT2D eigenvalue weighted by molar-refractivity contribution is 7.85. The molecule has 1 saturated heterocycles. The molecule has 1 heterocycles. The number of hydrogen-bond donors (Lipinski definition) is 2. The predicted molar refractivity (Wildman–Crippen MR) is 47.7 cm³/mol. The average Bonchev–Trinajstić information content (AvgIpc) is 2.15. The van der Waals surface area contributed by atoms with Gasteiger partial charge < -0.3 is 0 Å². The van der Waals surface area contributed by atoms with Crippen LogP contribution in [-0.4, -0.2) is 28.8 Å². The quantitative estimate of drug-likeness (QED) is 0.582. The van der Waals surface area contributed by atoms with E-state index >= 15 is 0 Å². The van der Waals surface area contributed by atoms with Crippen molar-refractivity contribution in [1.29, 1.82) is 0 Å². The van der Waals surface area contributed by atoms with Gasteiger partial charge in [-0.15, -0.1) is 0 Å². The molecule has 3 nitrogen and oxygen atoms in total. The first kappa shape index (κ1) is 9.16. The Hall–Kier alpha value is 0.0700. The summed E-state index contributed by atoms with van der Waals surface area (Å²) in [5.74, 6) is 1.70. The summed E-state index contributed by atoms with van der Waals surface area (Å²) in [5.41, 5.74) is 6.01. The SMILES string of the molecule is CNNC1CCCCS(=O)C1. The van der Waals surface area contributed by atoms with E-state index in [1.54, 1.807) is 0 Å². The predicted octanol–water partition coefficient (Wildman–Crippen LogP) is 0.0116.